The van der Waals surface area contributed by atoms with Crippen molar-refractivity contribution in [3.05, 3.63) is 32.6 Å². The van der Waals surface area contributed by atoms with Gasteiger partial charge >= 0.3 is 11.9 Å². The molecular formula is C5H3F3N2O2. The van der Waals surface area contributed by atoms with Gasteiger partial charge in [-0.05, 0) is 0 Å². The van der Waals surface area contributed by atoms with E-state index in [4.69, 9.17) is 0 Å². The largest absolute Gasteiger partial charge is 0.423 e. The van der Waals surface area contributed by atoms with E-state index in [0.717, 1.165) is 0 Å². The topological polar surface area (TPSA) is 65.7 Å². The lowest BCUT2D eigenvalue weighted by atomic mass is 10.3. The average molecular weight is 182 g/mol. The monoisotopic (exact) mass is 182 g/mol. The first-order valence-electron chi connectivity index (χ1n) is 2.80. The minimum absolute atomic E-state index is 0.334. The van der Waals surface area contributed by atoms with Gasteiger partial charge < -0.3 is 4.98 Å². The number of hydrogen-bond acceptors (Lipinski definition) is 2. The molecule has 0 spiro atoms. The molecule has 0 aliphatic rings. The van der Waals surface area contributed by atoms with Crippen LogP contribution in [0.25, 0.3) is 0 Å². The molecule has 0 radical (unpaired) electrons. The molecule has 0 aliphatic carbocycles. The van der Waals surface area contributed by atoms with Gasteiger partial charge in [0, 0.05) is 6.20 Å². The van der Waals surface area contributed by atoms with Crippen molar-refractivity contribution in [3.8, 4) is 0 Å². The lowest BCUT2D eigenvalue weighted by Gasteiger charge is -2.02. The molecule has 0 bridgehead atoms. The summed E-state index contributed by atoms with van der Waals surface area (Å²) < 4.78 is 35.5. The Bertz CT molecular complexity index is 389. The van der Waals surface area contributed by atoms with Crippen molar-refractivity contribution in [2.24, 2.45) is 0 Å². The highest BCUT2D eigenvalue weighted by atomic mass is 19.4. The molecule has 7 heteroatoms. The molecule has 1 aromatic rings. The van der Waals surface area contributed by atoms with E-state index in [1.54, 1.807) is 4.98 Å². The van der Waals surface area contributed by atoms with Crippen LogP contribution >= 0.6 is 0 Å². The van der Waals surface area contributed by atoms with E-state index in [2.05, 4.69) is 0 Å². The number of aromatic nitrogens is 2. The third-order valence-corrected chi connectivity index (χ3v) is 1.12. The lowest BCUT2D eigenvalue weighted by Crippen LogP contribution is -2.28. The smallest absolute Gasteiger partial charge is 0.313 e. The molecule has 4 nitrogen and oxygen atoms in total. The maximum absolute atomic E-state index is 11.8. The van der Waals surface area contributed by atoms with E-state index in [9.17, 15) is 22.8 Å². The molecule has 0 saturated heterocycles. The molecule has 0 aliphatic heterocycles. The van der Waals surface area contributed by atoms with E-state index in [0.29, 0.717) is 6.20 Å². The Labute approximate surface area is 63.1 Å². The summed E-state index contributed by atoms with van der Waals surface area (Å²) in [4.78, 5) is 24.0. The van der Waals surface area contributed by atoms with Crippen LogP contribution in [0.1, 0.15) is 5.56 Å². The van der Waals surface area contributed by atoms with Crippen LogP contribution in [0, 0.1) is 0 Å². The van der Waals surface area contributed by atoms with Crippen molar-refractivity contribution in [1.82, 2.24) is 9.97 Å². The molecule has 0 atom stereocenters. The SMILES string of the molecule is [17O]=c1[nH]cc(C(F)(F)F)c(=[17O])[nH]1. The van der Waals surface area contributed by atoms with Gasteiger partial charge in [0.1, 0.15) is 5.56 Å². The molecule has 12 heavy (non-hydrogen) atoms. The second kappa shape index (κ2) is 2.50. The Balaban J connectivity index is 3.39. The Morgan fingerprint density at radius 2 is 1.83 bits per heavy atom. The van der Waals surface area contributed by atoms with Crippen LogP contribution in [0.5, 0.6) is 0 Å². The highest BCUT2D eigenvalue weighted by Gasteiger charge is 2.34. The Kier molecular flexibility index (Phi) is 1.79. The van der Waals surface area contributed by atoms with Crippen LogP contribution in [0.4, 0.5) is 13.2 Å². The number of hydrogen-bond donors (Lipinski definition) is 2. The number of H-pyrrole nitrogens is 2. The Morgan fingerprint density at radius 3 is 2.25 bits per heavy atom. The summed E-state index contributed by atoms with van der Waals surface area (Å²) in [7, 11) is 0. The van der Waals surface area contributed by atoms with Crippen LogP contribution in [0.3, 0.4) is 0 Å². The summed E-state index contributed by atoms with van der Waals surface area (Å²) in [5.74, 6) is 0. The highest BCUT2D eigenvalue weighted by Crippen LogP contribution is 2.24. The van der Waals surface area contributed by atoms with E-state index >= 15 is 0 Å². The molecule has 0 aromatic carbocycles. The fourth-order valence-corrected chi connectivity index (χ4v) is 0.620. The predicted octanol–water partition coefficient (Wildman–Crippen LogP) is 0.0820. The van der Waals surface area contributed by atoms with Gasteiger partial charge in [-0.2, -0.15) is 13.2 Å². The third kappa shape index (κ3) is 1.55. The molecule has 1 heterocycles. The van der Waals surface area contributed by atoms with Crippen molar-refractivity contribution >= 4 is 0 Å². The first-order chi connectivity index (χ1) is 5.41. The van der Waals surface area contributed by atoms with Crippen LogP contribution in [-0.4, -0.2) is 9.97 Å². The van der Waals surface area contributed by atoms with Crippen molar-refractivity contribution in [2.45, 2.75) is 6.18 Å². The number of alkyl halides is 3. The minimum Gasteiger partial charge on any atom is -0.313 e. The fraction of sp³-hybridized carbons (Fsp3) is 0.200. The second-order valence-corrected chi connectivity index (χ2v) is 1.98. The molecule has 0 amide bonds. The zero-order chi connectivity index (χ0) is 9.35. The molecule has 66 valence electrons. The summed E-state index contributed by atoms with van der Waals surface area (Å²) in [6.45, 7) is 0. The van der Waals surface area contributed by atoms with Crippen LogP contribution < -0.4 is 11.2 Å². The molecule has 0 saturated carbocycles. The van der Waals surface area contributed by atoms with E-state index in [1.165, 1.54) is 4.98 Å². The van der Waals surface area contributed by atoms with Gasteiger partial charge in [-0.25, -0.2) is 4.79 Å². The molecule has 2 N–H and O–H groups in total. The zero-order valence-electron chi connectivity index (χ0n) is 5.53. The zero-order valence-corrected chi connectivity index (χ0v) is 5.53. The summed E-state index contributed by atoms with van der Waals surface area (Å²) in [5, 5.41) is 0. The molecule has 0 unspecified atom stereocenters. The predicted molar refractivity (Wildman–Crippen MR) is 32.7 cm³/mol. The molecule has 1 aromatic heterocycles. The van der Waals surface area contributed by atoms with Crippen molar-refractivity contribution < 1.29 is 13.2 Å². The van der Waals surface area contributed by atoms with Gasteiger partial charge in [0.15, 0.2) is 0 Å². The number of nitrogens with one attached hydrogen (secondary N) is 2. The van der Waals surface area contributed by atoms with E-state index < -0.39 is 23.0 Å². The van der Waals surface area contributed by atoms with Gasteiger partial charge in [0.2, 0.25) is 0 Å². The number of halogens is 3. The lowest BCUT2D eigenvalue weighted by molar-refractivity contribution is -0.139. The van der Waals surface area contributed by atoms with Gasteiger partial charge in [-0.15, -0.1) is 0 Å². The third-order valence-electron chi connectivity index (χ3n) is 1.12. The maximum Gasteiger partial charge on any atom is 0.423 e. The molecular weight excluding hydrogens is 179 g/mol. The normalized spacial score (nSPS) is 11.6. The fourth-order valence-electron chi connectivity index (χ4n) is 0.620. The van der Waals surface area contributed by atoms with Crippen molar-refractivity contribution in [1.29, 1.82) is 0 Å². The van der Waals surface area contributed by atoms with Gasteiger partial charge in [0.05, 0.1) is 0 Å². The Morgan fingerprint density at radius 1 is 1.25 bits per heavy atom. The number of aromatic amines is 2. The molecule has 0 fully saturated rings. The number of rotatable bonds is 0. The van der Waals surface area contributed by atoms with Crippen LogP contribution in [-0.2, 0) is 6.18 Å². The summed E-state index contributed by atoms with van der Waals surface area (Å²) in [6, 6.07) is 0. The van der Waals surface area contributed by atoms with Gasteiger partial charge in [0.25, 0.3) is 5.56 Å². The second-order valence-electron chi connectivity index (χ2n) is 1.98. The minimum atomic E-state index is -4.74. The van der Waals surface area contributed by atoms with Gasteiger partial charge in [-0.3, -0.25) is 9.78 Å². The van der Waals surface area contributed by atoms with E-state index in [1.807, 2.05) is 0 Å². The van der Waals surface area contributed by atoms with E-state index in [-0.39, 0.29) is 0 Å². The van der Waals surface area contributed by atoms with Crippen LogP contribution in [0.15, 0.2) is 15.8 Å². The summed E-state index contributed by atoms with van der Waals surface area (Å²) in [5.41, 5.74) is -3.82. The quantitative estimate of drug-likeness (QED) is 0.596. The van der Waals surface area contributed by atoms with Gasteiger partial charge in [-0.1, -0.05) is 0 Å². The molecule has 1 rings (SSSR count). The standard InChI is InChI=1S/C5H3F3N2O2/c6-5(7,8)2-1-9-4(12)10-3(2)11/h1H,(H2,9,10,11,12)/i11+1,12+1. The maximum atomic E-state index is 11.8. The van der Waals surface area contributed by atoms with Crippen LogP contribution in [0.2, 0.25) is 0 Å². The first kappa shape index (κ1) is 8.57. The first-order valence-corrected chi connectivity index (χ1v) is 2.80. The van der Waals surface area contributed by atoms with Crippen molar-refractivity contribution in [2.75, 3.05) is 0 Å². The Hall–Kier alpha value is -1.53. The average Bonchev–Trinajstić information content (AvgIpc) is 1.83. The van der Waals surface area contributed by atoms with Crippen molar-refractivity contribution in [3.63, 3.8) is 0 Å². The summed E-state index contributed by atoms with van der Waals surface area (Å²) in [6.07, 6.45) is -4.40. The highest BCUT2D eigenvalue weighted by molar-refractivity contribution is 5.07. The summed E-state index contributed by atoms with van der Waals surface area (Å²) >= 11 is 0.